The molecule has 0 bridgehead atoms. The smallest absolute Gasteiger partial charge is 0.314 e. The number of non-ortho nitro benzene ring substituents is 1. The summed E-state index contributed by atoms with van der Waals surface area (Å²) in [5.74, 6) is 0. The Morgan fingerprint density at radius 3 is 2.42 bits per heavy atom. The molecule has 138 valence electrons. The van der Waals surface area contributed by atoms with Gasteiger partial charge in [0.2, 0.25) is 0 Å². The topological polar surface area (TPSA) is 58.4 Å². The summed E-state index contributed by atoms with van der Waals surface area (Å²) in [5, 5.41) is 14.0. The summed E-state index contributed by atoms with van der Waals surface area (Å²) in [7, 11) is 0. The van der Waals surface area contributed by atoms with Crippen LogP contribution in [0.1, 0.15) is 24.4 Å². The SMILES string of the molecule is Cl.Cl.O=[N+]([O-])c1cccc([C@H](CCC(F)(F)F)N2CCNCC2)c1. The van der Waals surface area contributed by atoms with Crippen molar-refractivity contribution in [3.63, 3.8) is 0 Å². The zero-order valence-corrected chi connectivity index (χ0v) is 14.4. The van der Waals surface area contributed by atoms with Gasteiger partial charge in [0.05, 0.1) is 4.92 Å². The van der Waals surface area contributed by atoms with Crippen molar-refractivity contribution in [3.8, 4) is 0 Å². The van der Waals surface area contributed by atoms with Gasteiger partial charge in [-0.05, 0) is 12.0 Å². The first kappa shape index (κ1) is 22.9. The monoisotopic (exact) mass is 389 g/mol. The molecular formula is C14H20Cl2F3N3O2. The second kappa shape index (κ2) is 10.0. The molecule has 0 spiro atoms. The molecule has 0 saturated carbocycles. The van der Waals surface area contributed by atoms with Gasteiger partial charge in [-0.3, -0.25) is 15.0 Å². The van der Waals surface area contributed by atoms with E-state index < -0.39 is 23.6 Å². The lowest BCUT2D eigenvalue weighted by Gasteiger charge is -2.35. The van der Waals surface area contributed by atoms with Crippen LogP contribution in [0, 0.1) is 10.1 Å². The first-order valence-corrected chi connectivity index (χ1v) is 7.13. The van der Waals surface area contributed by atoms with Crippen LogP contribution in [0.25, 0.3) is 0 Å². The normalized spacial score (nSPS) is 16.6. The largest absolute Gasteiger partial charge is 0.389 e. The third-order valence-corrected chi connectivity index (χ3v) is 3.76. The third-order valence-electron chi connectivity index (χ3n) is 3.76. The van der Waals surface area contributed by atoms with Gasteiger partial charge in [0.15, 0.2) is 0 Å². The van der Waals surface area contributed by atoms with Gasteiger partial charge in [0.1, 0.15) is 0 Å². The van der Waals surface area contributed by atoms with E-state index in [4.69, 9.17) is 0 Å². The van der Waals surface area contributed by atoms with Crippen molar-refractivity contribution in [1.82, 2.24) is 10.2 Å². The number of piperazine rings is 1. The van der Waals surface area contributed by atoms with Crippen LogP contribution >= 0.6 is 24.8 Å². The zero-order valence-electron chi connectivity index (χ0n) is 12.8. The van der Waals surface area contributed by atoms with Crippen LogP contribution in [-0.2, 0) is 0 Å². The maximum absolute atomic E-state index is 12.6. The minimum atomic E-state index is -4.23. The Kier molecular flexibility index (Phi) is 9.57. The van der Waals surface area contributed by atoms with Crippen LogP contribution in [0.2, 0.25) is 0 Å². The van der Waals surface area contributed by atoms with E-state index in [1.165, 1.54) is 18.2 Å². The average Bonchev–Trinajstić information content (AvgIpc) is 2.48. The van der Waals surface area contributed by atoms with Crippen LogP contribution in [-0.4, -0.2) is 42.2 Å². The molecule has 0 amide bonds. The number of alkyl halides is 3. The molecule has 1 atom stereocenters. The van der Waals surface area contributed by atoms with Crippen molar-refractivity contribution >= 4 is 30.5 Å². The summed E-state index contributed by atoms with van der Waals surface area (Å²) >= 11 is 0. The number of nitrogens with one attached hydrogen (secondary N) is 1. The molecule has 1 aromatic carbocycles. The number of nitro groups is 1. The van der Waals surface area contributed by atoms with E-state index in [-0.39, 0.29) is 36.9 Å². The first-order chi connectivity index (χ1) is 10.4. The van der Waals surface area contributed by atoms with Crippen molar-refractivity contribution in [2.75, 3.05) is 26.2 Å². The van der Waals surface area contributed by atoms with E-state index >= 15 is 0 Å². The van der Waals surface area contributed by atoms with Crippen LogP contribution in [0.3, 0.4) is 0 Å². The van der Waals surface area contributed by atoms with Gasteiger partial charge in [-0.25, -0.2) is 0 Å². The third kappa shape index (κ3) is 6.80. The van der Waals surface area contributed by atoms with Crippen molar-refractivity contribution in [2.24, 2.45) is 0 Å². The van der Waals surface area contributed by atoms with E-state index in [0.29, 0.717) is 31.7 Å². The van der Waals surface area contributed by atoms with E-state index in [1.807, 2.05) is 4.90 Å². The standard InChI is InChI=1S/C14H18F3N3O2.2ClH/c15-14(16,17)5-4-13(19-8-6-18-7-9-19)11-2-1-3-12(10-11)20(21)22;;/h1-3,10,13,18H,4-9H2;2*1H/t13-;;/m0../s1. The fourth-order valence-electron chi connectivity index (χ4n) is 2.70. The molecule has 1 saturated heterocycles. The Morgan fingerprint density at radius 1 is 1.25 bits per heavy atom. The van der Waals surface area contributed by atoms with Gasteiger partial charge >= 0.3 is 6.18 Å². The minimum absolute atomic E-state index is 0. The molecule has 5 nitrogen and oxygen atoms in total. The van der Waals surface area contributed by atoms with Crippen molar-refractivity contribution in [1.29, 1.82) is 0 Å². The van der Waals surface area contributed by atoms with Crippen molar-refractivity contribution < 1.29 is 18.1 Å². The van der Waals surface area contributed by atoms with E-state index in [0.717, 1.165) is 0 Å². The number of hydrogen-bond acceptors (Lipinski definition) is 4. The van der Waals surface area contributed by atoms with Gasteiger partial charge in [-0.2, -0.15) is 13.2 Å². The molecule has 1 N–H and O–H groups in total. The van der Waals surface area contributed by atoms with Crippen molar-refractivity contribution in [3.05, 3.63) is 39.9 Å². The number of rotatable bonds is 5. The molecule has 0 unspecified atom stereocenters. The quantitative estimate of drug-likeness (QED) is 0.615. The Morgan fingerprint density at radius 2 is 1.88 bits per heavy atom. The number of benzene rings is 1. The summed E-state index contributed by atoms with van der Waals surface area (Å²) in [4.78, 5) is 12.3. The zero-order chi connectivity index (χ0) is 16.2. The highest BCUT2D eigenvalue weighted by atomic mass is 35.5. The molecule has 10 heteroatoms. The predicted octanol–water partition coefficient (Wildman–Crippen LogP) is 3.73. The predicted molar refractivity (Wildman–Crippen MR) is 90.1 cm³/mol. The highest BCUT2D eigenvalue weighted by molar-refractivity contribution is 5.85. The van der Waals surface area contributed by atoms with Gasteiger partial charge in [0, 0.05) is 50.8 Å². The summed E-state index contributed by atoms with van der Waals surface area (Å²) in [6.07, 6.45) is -5.22. The molecule has 1 heterocycles. The van der Waals surface area contributed by atoms with Crippen LogP contribution in [0.5, 0.6) is 0 Å². The van der Waals surface area contributed by atoms with Crippen LogP contribution in [0.15, 0.2) is 24.3 Å². The number of nitrogens with zero attached hydrogens (tertiary/aromatic N) is 2. The van der Waals surface area contributed by atoms with E-state index in [9.17, 15) is 23.3 Å². The number of nitro benzene ring substituents is 1. The Hall–Kier alpha value is -1.09. The van der Waals surface area contributed by atoms with Crippen molar-refractivity contribution in [2.45, 2.75) is 25.1 Å². The number of hydrogen-bond donors (Lipinski definition) is 1. The fourth-order valence-corrected chi connectivity index (χ4v) is 2.70. The van der Waals surface area contributed by atoms with E-state index in [1.54, 1.807) is 6.07 Å². The maximum atomic E-state index is 12.6. The molecule has 1 fully saturated rings. The summed E-state index contributed by atoms with van der Waals surface area (Å²) in [6, 6.07) is 5.46. The molecule has 24 heavy (non-hydrogen) atoms. The Balaban J connectivity index is 0.00000264. The summed E-state index contributed by atoms with van der Waals surface area (Å²) in [6.45, 7) is 2.67. The van der Waals surface area contributed by atoms with Gasteiger partial charge < -0.3 is 5.32 Å². The Bertz CT molecular complexity index is 526. The van der Waals surface area contributed by atoms with E-state index in [2.05, 4.69) is 5.32 Å². The summed E-state index contributed by atoms with van der Waals surface area (Å²) < 4.78 is 37.7. The lowest BCUT2D eigenvalue weighted by Crippen LogP contribution is -2.45. The highest BCUT2D eigenvalue weighted by Gasteiger charge is 2.31. The van der Waals surface area contributed by atoms with Gasteiger partial charge in [0.25, 0.3) is 5.69 Å². The maximum Gasteiger partial charge on any atom is 0.389 e. The number of halogens is 5. The molecule has 2 rings (SSSR count). The molecule has 0 aromatic heterocycles. The van der Waals surface area contributed by atoms with Gasteiger partial charge in [-0.1, -0.05) is 12.1 Å². The average molecular weight is 390 g/mol. The van der Waals surface area contributed by atoms with Gasteiger partial charge in [-0.15, -0.1) is 24.8 Å². The minimum Gasteiger partial charge on any atom is -0.314 e. The first-order valence-electron chi connectivity index (χ1n) is 7.13. The molecule has 0 aliphatic carbocycles. The second-order valence-corrected chi connectivity index (χ2v) is 5.31. The summed E-state index contributed by atoms with van der Waals surface area (Å²) in [5.41, 5.74) is 0.477. The van der Waals surface area contributed by atoms with Crippen LogP contribution in [0.4, 0.5) is 18.9 Å². The second-order valence-electron chi connectivity index (χ2n) is 5.31. The molecule has 0 radical (unpaired) electrons. The lowest BCUT2D eigenvalue weighted by molar-refractivity contribution is -0.385. The molecule has 1 aliphatic heterocycles. The molecule has 1 aromatic rings. The lowest BCUT2D eigenvalue weighted by atomic mass is 9.99. The van der Waals surface area contributed by atoms with Crippen LogP contribution < -0.4 is 5.32 Å². The molecule has 1 aliphatic rings. The molecular weight excluding hydrogens is 370 g/mol. The fraction of sp³-hybridized carbons (Fsp3) is 0.571. The Labute approximate surface area is 150 Å². The highest BCUT2D eigenvalue weighted by Crippen LogP contribution is 2.32.